The van der Waals surface area contributed by atoms with Crippen LogP contribution >= 0.6 is 0 Å². The first kappa shape index (κ1) is 15.9. The van der Waals surface area contributed by atoms with Crippen molar-refractivity contribution in [1.82, 2.24) is 4.98 Å². The summed E-state index contributed by atoms with van der Waals surface area (Å²) in [6.45, 7) is 4.34. The summed E-state index contributed by atoms with van der Waals surface area (Å²) >= 11 is 0. The number of amides is 1. The van der Waals surface area contributed by atoms with Crippen LogP contribution in [0, 0.1) is 13.8 Å². The van der Waals surface area contributed by atoms with Crippen molar-refractivity contribution in [2.45, 2.75) is 20.4 Å². The molecule has 0 unspecified atom stereocenters. The van der Waals surface area contributed by atoms with Crippen LogP contribution in [0.2, 0.25) is 0 Å². The summed E-state index contributed by atoms with van der Waals surface area (Å²) < 4.78 is 0. The van der Waals surface area contributed by atoms with Gasteiger partial charge in [-0.3, -0.25) is 9.78 Å². The van der Waals surface area contributed by atoms with Crippen LogP contribution < -0.4 is 4.90 Å². The minimum Gasteiger partial charge on any atom is -0.304 e. The summed E-state index contributed by atoms with van der Waals surface area (Å²) in [5.74, 6) is -0.0324. The number of pyridine rings is 1. The number of nitrogens with zero attached hydrogens (tertiary/aromatic N) is 2. The molecule has 0 fully saturated rings. The number of carbonyl (C=O) groups is 1. The van der Waals surface area contributed by atoms with Crippen molar-refractivity contribution in [3.8, 4) is 0 Å². The lowest BCUT2D eigenvalue weighted by Gasteiger charge is -2.24. The molecule has 0 saturated heterocycles. The zero-order valence-electron chi connectivity index (χ0n) is 13.9. The zero-order chi connectivity index (χ0) is 16.9. The van der Waals surface area contributed by atoms with E-state index in [1.165, 1.54) is 0 Å². The van der Waals surface area contributed by atoms with Gasteiger partial charge in [-0.2, -0.15) is 0 Å². The highest BCUT2D eigenvalue weighted by Gasteiger charge is 2.20. The number of hydrogen-bond donors (Lipinski definition) is 0. The Hall–Kier alpha value is -2.94. The van der Waals surface area contributed by atoms with Gasteiger partial charge in [-0.15, -0.1) is 0 Å². The average molecular weight is 316 g/mol. The third kappa shape index (κ3) is 3.51. The highest BCUT2D eigenvalue weighted by Crippen LogP contribution is 2.21. The van der Waals surface area contributed by atoms with E-state index in [1.54, 1.807) is 4.90 Å². The van der Waals surface area contributed by atoms with Gasteiger partial charge in [0.2, 0.25) is 0 Å². The Kier molecular flexibility index (Phi) is 4.71. The van der Waals surface area contributed by atoms with Crippen molar-refractivity contribution < 1.29 is 4.79 Å². The average Bonchev–Trinajstić information content (AvgIpc) is 2.61. The topological polar surface area (TPSA) is 33.2 Å². The van der Waals surface area contributed by atoms with Crippen LogP contribution in [0.5, 0.6) is 0 Å². The molecule has 0 radical (unpaired) electrons. The fraction of sp³-hybridized carbons (Fsp3) is 0.143. The zero-order valence-corrected chi connectivity index (χ0v) is 13.9. The van der Waals surface area contributed by atoms with E-state index in [2.05, 4.69) is 4.98 Å². The number of aryl methyl sites for hydroxylation is 2. The molecule has 120 valence electrons. The number of rotatable bonds is 4. The van der Waals surface area contributed by atoms with Crippen LogP contribution in [0.25, 0.3) is 0 Å². The van der Waals surface area contributed by atoms with Gasteiger partial charge < -0.3 is 4.90 Å². The summed E-state index contributed by atoms with van der Waals surface area (Å²) in [5, 5.41) is 0. The van der Waals surface area contributed by atoms with E-state index < -0.39 is 0 Å². The Morgan fingerprint density at radius 2 is 1.50 bits per heavy atom. The number of carbonyl (C=O) groups excluding carboxylic acids is 1. The molecular weight excluding hydrogens is 296 g/mol. The molecule has 0 spiro atoms. The van der Waals surface area contributed by atoms with Crippen LogP contribution in [-0.2, 0) is 6.54 Å². The first-order valence-electron chi connectivity index (χ1n) is 8.00. The van der Waals surface area contributed by atoms with Gasteiger partial charge in [0, 0.05) is 11.4 Å². The molecule has 3 aromatic rings. The fourth-order valence-electron chi connectivity index (χ4n) is 2.71. The fourth-order valence-corrected chi connectivity index (χ4v) is 2.71. The van der Waals surface area contributed by atoms with Crippen LogP contribution in [0.1, 0.15) is 27.3 Å². The number of anilines is 1. The second-order valence-electron chi connectivity index (χ2n) is 5.80. The third-order valence-corrected chi connectivity index (χ3v) is 3.95. The van der Waals surface area contributed by atoms with Crippen LogP contribution in [-0.4, -0.2) is 10.9 Å². The highest BCUT2D eigenvalue weighted by molar-refractivity contribution is 6.06. The molecule has 3 nitrogen and oxygen atoms in total. The summed E-state index contributed by atoms with van der Waals surface area (Å²) in [4.78, 5) is 19.4. The van der Waals surface area contributed by atoms with E-state index in [9.17, 15) is 4.79 Å². The third-order valence-electron chi connectivity index (χ3n) is 3.95. The van der Waals surface area contributed by atoms with E-state index in [1.807, 2.05) is 86.6 Å². The molecule has 1 aromatic heterocycles. The molecule has 0 bridgehead atoms. The molecule has 24 heavy (non-hydrogen) atoms. The van der Waals surface area contributed by atoms with Gasteiger partial charge in [-0.05, 0) is 43.7 Å². The van der Waals surface area contributed by atoms with E-state index in [0.29, 0.717) is 12.1 Å². The van der Waals surface area contributed by atoms with Gasteiger partial charge in [-0.1, -0.05) is 48.5 Å². The van der Waals surface area contributed by atoms with Gasteiger partial charge in [0.25, 0.3) is 5.91 Å². The molecule has 3 heteroatoms. The maximum absolute atomic E-state index is 13.2. The summed E-state index contributed by atoms with van der Waals surface area (Å²) in [6.07, 6.45) is 0. The second-order valence-corrected chi connectivity index (χ2v) is 5.80. The predicted molar refractivity (Wildman–Crippen MR) is 97.1 cm³/mol. The minimum absolute atomic E-state index is 0.0324. The second kappa shape index (κ2) is 7.09. The van der Waals surface area contributed by atoms with Gasteiger partial charge in [-0.25, -0.2) is 0 Å². The van der Waals surface area contributed by atoms with Gasteiger partial charge in [0.05, 0.1) is 17.8 Å². The van der Waals surface area contributed by atoms with Gasteiger partial charge >= 0.3 is 0 Å². The molecule has 2 aromatic carbocycles. The lowest BCUT2D eigenvalue weighted by atomic mass is 10.1. The molecule has 0 saturated carbocycles. The first-order chi connectivity index (χ1) is 11.6. The quantitative estimate of drug-likeness (QED) is 0.707. The van der Waals surface area contributed by atoms with Crippen molar-refractivity contribution in [3.05, 3.63) is 95.3 Å². The Labute approximate surface area is 142 Å². The predicted octanol–water partition coefficient (Wildman–Crippen LogP) is 4.55. The number of aromatic nitrogens is 1. The molecule has 1 amide bonds. The van der Waals surface area contributed by atoms with Crippen molar-refractivity contribution in [2.24, 2.45) is 0 Å². The Morgan fingerprint density at radius 1 is 0.875 bits per heavy atom. The standard InChI is InChI=1S/C21H20N2O/c1-16-13-14-20(17(2)22-16)21(24)23(19-11-7-4-8-12-19)15-18-9-5-3-6-10-18/h3-14H,15H2,1-2H3. The Bertz CT molecular complexity index is 829. The minimum atomic E-state index is -0.0324. The van der Waals surface area contributed by atoms with Crippen molar-refractivity contribution in [1.29, 1.82) is 0 Å². The summed E-state index contributed by atoms with van der Waals surface area (Å²) in [5.41, 5.74) is 4.28. The van der Waals surface area contributed by atoms with E-state index in [0.717, 1.165) is 22.6 Å². The van der Waals surface area contributed by atoms with Gasteiger partial charge in [0.15, 0.2) is 0 Å². The van der Waals surface area contributed by atoms with Crippen molar-refractivity contribution >= 4 is 11.6 Å². The lowest BCUT2D eigenvalue weighted by Crippen LogP contribution is -2.31. The van der Waals surface area contributed by atoms with Crippen LogP contribution in [0.4, 0.5) is 5.69 Å². The largest absolute Gasteiger partial charge is 0.304 e. The van der Waals surface area contributed by atoms with E-state index in [-0.39, 0.29) is 5.91 Å². The smallest absolute Gasteiger partial charge is 0.260 e. The molecule has 0 N–H and O–H groups in total. The molecule has 1 heterocycles. The monoisotopic (exact) mass is 316 g/mol. The molecule has 0 aliphatic carbocycles. The van der Waals surface area contributed by atoms with Crippen molar-refractivity contribution in [2.75, 3.05) is 4.90 Å². The number of para-hydroxylation sites is 1. The number of benzene rings is 2. The molecule has 0 aliphatic rings. The summed E-state index contributed by atoms with van der Waals surface area (Å²) in [6, 6.07) is 23.5. The first-order valence-corrected chi connectivity index (χ1v) is 8.00. The van der Waals surface area contributed by atoms with Crippen LogP contribution in [0.15, 0.2) is 72.8 Å². The van der Waals surface area contributed by atoms with E-state index >= 15 is 0 Å². The van der Waals surface area contributed by atoms with Gasteiger partial charge in [0.1, 0.15) is 0 Å². The lowest BCUT2D eigenvalue weighted by molar-refractivity contribution is 0.0984. The Morgan fingerprint density at radius 3 is 2.12 bits per heavy atom. The SMILES string of the molecule is Cc1ccc(C(=O)N(Cc2ccccc2)c2ccccc2)c(C)n1. The normalized spacial score (nSPS) is 10.4. The van der Waals surface area contributed by atoms with E-state index in [4.69, 9.17) is 0 Å². The summed E-state index contributed by atoms with van der Waals surface area (Å²) in [7, 11) is 0. The Balaban J connectivity index is 1.99. The number of hydrogen-bond acceptors (Lipinski definition) is 2. The molecule has 0 aliphatic heterocycles. The highest BCUT2D eigenvalue weighted by atomic mass is 16.2. The maximum atomic E-state index is 13.2. The molecular formula is C21H20N2O. The molecule has 3 rings (SSSR count). The maximum Gasteiger partial charge on any atom is 0.260 e. The molecule has 0 atom stereocenters. The van der Waals surface area contributed by atoms with Crippen molar-refractivity contribution in [3.63, 3.8) is 0 Å². The van der Waals surface area contributed by atoms with Crippen LogP contribution in [0.3, 0.4) is 0 Å².